The quantitative estimate of drug-likeness (QED) is 0.696. The highest BCUT2D eigenvalue weighted by atomic mass is 16.6. The third-order valence-corrected chi connectivity index (χ3v) is 4.91. The summed E-state index contributed by atoms with van der Waals surface area (Å²) in [4.78, 5) is 9.22. The van der Waals surface area contributed by atoms with Crippen molar-refractivity contribution in [3.05, 3.63) is 35.7 Å². The summed E-state index contributed by atoms with van der Waals surface area (Å²) in [5, 5.41) is 14.6. The third kappa shape index (κ3) is 2.75. The number of likely N-dealkylation sites (N-methyl/N-ethyl adjacent to an activating group) is 1. The van der Waals surface area contributed by atoms with Gasteiger partial charge in [-0.2, -0.15) is 5.10 Å². The van der Waals surface area contributed by atoms with Crippen molar-refractivity contribution in [2.45, 2.75) is 18.9 Å². The smallest absolute Gasteiger partial charge is 0.221 e. The molecule has 138 valence electrons. The van der Waals surface area contributed by atoms with Crippen LogP contribution in [0.5, 0.6) is 11.5 Å². The SMILES string of the molecule is C[C@H](c1ccc2c(c1)OCCO2)n1nnc2ncc(C3C=NN(C)C3)nc21. The summed E-state index contributed by atoms with van der Waals surface area (Å²) >= 11 is 0. The Morgan fingerprint density at radius 1 is 1.19 bits per heavy atom. The van der Waals surface area contributed by atoms with Crippen LogP contribution in [0.3, 0.4) is 0 Å². The van der Waals surface area contributed by atoms with Crippen LogP contribution < -0.4 is 9.47 Å². The van der Waals surface area contributed by atoms with Crippen LogP contribution in [0.2, 0.25) is 0 Å². The lowest BCUT2D eigenvalue weighted by Gasteiger charge is -2.20. The molecular weight excluding hydrogens is 346 g/mol. The molecule has 9 heteroatoms. The molecule has 0 radical (unpaired) electrons. The van der Waals surface area contributed by atoms with E-state index in [1.54, 1.807) is 10.9 Å². The Bertz CT molecular complexity index is 1030. The zero-order valence-corrected chi connectivity index (χ0v) is 15.1. The molecule has 1 aromatic carbocycles. The second-order valence-corrected chi connectivity index (χ2v) is 6.77. The maximum absolute atomic E-state index is 5.70. The van der Waals surface area contributed by atoms with Crippen molar-refractivity contribution in [1.82, 2.24) is 30.0 Å². The number of rotatable bonds is 3. The number of fused-ring (bicyclic) bond motifs is 2. The maximum Gasteiger partial charge on any atom is 0.221 e. The van der Waals surface area contributed by atoms with Crippen molar-refractivity contribution >= 4 is 17.5 Å². The van der Waals surface area contributed by atoms with Crippen LogP contribution in [0.1, 0.15) is 30.1 Å². The topological polar surface area (TPSA) is 90.5 Å². The molecule has 0 amide bonds. The molecule has 0 saturated heterocycles. The van der Waals surface area contributed by atoms with Crippen LogP contribution in [0, 0.1) is 0 Å². The number of hydrogen-bond acceptors (Lipinski definition) is 8. The first kappa shape index (κ1) is 16.0. The fourth-order valence-electron chi connectivity index (χ4n) is 3.39. The van der Waals surface area contributed by atoms with Crippen LogP contribution in [0.4, 0.5) is 0 Å². The fourth-order valence-corrected chi connectivity index (χ4v) is 3.39. The van der Waals surface area contributed by atoms with E-state index in [9.17, 15) is 0 Å². The predicted molar refractivity (Wildman–Crippen MR) is 98.2 cm³/mol. The number of hydrogen-bond donors (Lipinski definition) is 0. The molecule has 2 aliphatic rings. The molecule has 3 aromatic rings. The average Bonchev–Trinajstić information content (AvgIpc) is 3.32. The molecule has 0 fully saturated rings. The van der Waals surface area contributed by atoms with Gasteiger partial charge in [-0.25, -0.2) is 14.6 Å². The van der Waals surface area contributed by atoms with Gasteiger partial charge in [0, 0.05) is 19.8 Å². The number of ether oxygens (including phenoxy) is 2. The molecule has 9 nitrogen and oxygen atoms in total. The van der Waals surface area contributed by atoms with Gasteiger partial charge in [0.25, 0.3) is 0 Å². The summed E-state index contributed by atoms with van der Waals surface area (Å²) in [6.45, 7) is 3.98. The Kier molecular flexibility index (Phi) is 3.66. The van der Waals surface area contributed by atoms with Crippen LogP contribution in [0.25, 0.3) is 11.3 Å². The summed E-state index contributed by atoms with van der Waals surface area (Å²) in [5.41, 5.74) is 3.11. The Labute approximate surface area is 155 Å². The van der Waals surface area contributed by atoms with E-state index in [-0.39, 0.29) is 12.0 Å². The zero-order chi connectivity index (χ0) is 18.4. The minimum absolute atomic E-state index is 0.0738. The largest absolute Gasteiger partial charge is 0.486 e. The van der Waals surface area contributed by atoms with E-state index in [1.807, 2.05) is 36.5 Å². The van der Waals surface area contributed by atoms with Gasteiger partial charge in [-0.1, -0.05) is 11.3 Å². The lowest BCUT2D eigenvalue weighted by atomic mass is 10.1. The monoisotopic (exact) mass is 365 g/mol. The molecule has 0 spiro atoms. The van der Waals surface area contributed by atoms with Crippen molar-refractivity contribution in [1.29, 1.82) is 0 Å². The summed E-state index contributed by atoms with van der Waals surface area (Å²) in [7, 11) is 1.94. The van der Waals surface area contributed by atoms with Gasteiger partial charge in [0.15, 0.2) is 17.1 Å². The molecule has 4 heterocycles. The summed E-state index contributed by atoms with van der Waals surface area (Å²) < 4.78 is 13.1. The highest BCUT2D eigenvalue weighted by Crippen LogP contribution is 2.33. The van der Waals surface area contributed by atoms with Crippen molar-refractivity contribution in [2.24, 2.45) is 5.10 Å². The minimum Gasteiger partial charge on any atom is -0.486 e. The molecule has 0 bridgehead atoms. The molecule has 2 aromatic heterocycles. The number of benzene rings is 1. The number of aromatic nitrogens is 5. The Morgan fingerprint density at radius 3 is 2.85 bits per heavy atom. The van der Waals surface area contributed by atoms with E-state index in [0.29, 0.717) is 24.5 Å². The van der Waals surface area contributed by atoms with Gasteiger partial charge in [-0.3, -0.25) is 5.01 Å². The van der Waals surface area contributed by atoms with Crippen molar-refractivity contribution in [3.8, 4) is 11.5 Å². The first-order valence-electron chi connectivity index (χ1n) is 8.91. The number of nitrogens with zero attached hydrogens (tertiary/aromatic N) is 7. The van der Waals surface area contributed by atoms with Gasteiger partial charge in [0.05, 0.1) is 23.9 Å². The summed E-state index contributed by atoms with van der Waals surface area (Å²) in [6, 6.07) is 5.86. The normalized spacial score (nSPS) is 19.6. The number of hydrazone groups is 1. The van der Waals surface area contributed by atoms with E-state index in [2.05, 4.69) is 27.3 Å². The Balaban J connectivity index is 1.51. The van der Waals surface area contributed by atoms with Crippen LogP contribution >= 0.6 is 0 Å². The van der Waals surface area contributed by atoms with Crippen molar-refractivity contribution in [2.75, 3.05) is 26.8 Å². The van der Waals surface area contributed by atoms with Crippen LogP contribution in [0.15, 0.2) is 29.5 Å². The van der Waals surface area contributed by atoms with Crippen molar-refractivity contribution < 1.29 is 9.47 Å². The molecule has 2 atom stereocenters. The molecule has 0 aliphatic carbocycles. The minimum atomic E-state index is -0.0738. The van der Waals surface area contributed by atoms with Gasteiger partial charge in [-0.15, -0.1) is 5.10 Å². The second kappa shape index (κ2) is 6.19. The fraction of sp³-hybridized carbons (Fsp3) is 0.389. The lowest BCUT2D eigenvalue weighted by Crippen LogP contribution is -2.16. The molecule has 0 N–H and O–H groups in total. The highest BCUT2D eigenvalue weighted by molar-refractivity contribution is 5.71. The van der Waals surface area contributed by atoms with E-state index in [0.717, 1.165) is 29.3 Å². The lowest BCUT2D eigenvalue weighted by molar-refractivity contribution is 0.171. The van der Waals surface area contributed by atoms with E-state index in [1.165, 1.54) is 0 Å². The van der Waals surface area contributed by atoms with Gasteiger partial charge in [0.1, 0.15) is 13.2 Å². The van der Waals surface area contributed by atoms with Gasteiger partial charge >= 0.3 is 0 Å². The molecule has 1 unspecified atom stereocenters. The zero-order valence-electron chi connectivity index (χ0n) is 15.1. The standard InChI is InChI=1S/C18H19N7O2/c1-11(12-3-4-15-16(7-12)27-6-5-26-15)25-18-17(22-23-25)19-9-14(21-18)13-8-20-24(2)10-13/h3-4,7-9,11,13H,5-6,10H2,1-2H3/t11-,13?/m1/s1. The second-order valence-electron chi connectivity index (χ2n) is 6.77. The Morgan fingerprint density at radius 2 is 2.04 bits per heavy atom. The molecular formula is C18H19N7O2. The van der Waals surface area contributed by atoms with Crippen LogP contribution in [-0.2, 0) is 0 Å². The molecule has 0 saturated carbocycles. The van der Waals surface area contributed by atoms with E-state index < -0.39 is 0 Å². The van der Waals surface area contributed by atoms with Crippen LogP contribution in [-0.4, -0.2) is 63.0 Å². The summed E-state index contributed by atoms with van der Waals surface area (Å²) in [6.07, 6.45) is 3.65. The van der Waals surface area contributed by atoms with Crippen molar-refractivity contribution in [3.63, 3.8) is 0 Å². The predicted octanol–water partition coefficient (Wildman–Crippen LogP) is 1.62. The van der Waals surface area contributed by atoms with Gasteiger partial charge in [-0.05, 0) is 24.6 Å². The maximum atomic E-state index is 5.70. The van der Waals surface area contributed by atoms with E-state index >= 15 is 0 Å². The Hall–Kier alpha value is -3.23. The molecule has 27 heavy (non-hydrogen) atoms. The molecule has 5 rings (SSSR count). The molecule has 2 aliphatic heterocycles. The van der Waals surface area contributed by atoms with Gasteiger partial charge < -0.3 is 9.47 Å². The third-order valence-electron chi connectivity index (χ3n) is 4.91. The van der Waals surface area contributed by atoms with E-state index in [4.69, 9.17) is 14.5 Å². The highest BCUT2D eigenvalue weighted by Gasteiger charge is 2.22. The average molecular weight is 365 g/mol. The first-order valence-corrected chi connectivity index (χ1v) is 8.91. The first-order chi connectivity index (χ1) is 13.2. The summed E-state index contributed by atoms with van der Waals surface area (Å²) in [5.74, 6) is 1.65. The van der Waals surface area contributed by atoms with Gasteiger partial charge in [0.2, 0.25) is 5.65 Å².